The van der Waals surface area contributed by atoms with E-state index in [4.69, 9.17) is 40.7 Å². The fourth-order valence-corrected chi connectivity index (χ4v) is 2.51. The maximum atomic E-state index is 11.6. The lowest BCUT2D eigenvalue weighted by Gasteiger charge is -2.20. The molecule has 0 bridgehead atoms. The third kappa shape index (κ3) is 4.68. The van der Waals surface area contributed by atoms with Crippen molar-refractivity contribution in [3.8, 4) is 5.75 Å². The highest BCUT2D eigenvalue weighted by Gasteiger charge is 2.19. The summed E-state index contributed by atoms with van der Waals surface area (Å²) in [6.07, 6.45) is 0.438. The fraction of sp³-hybridized carbons (Fsp3) is 0.417. The highest BCUT2D eigenvalue weighted by atomic mass is 32.2. The van der Waals surface area contributed by atoms with E-state index in [2.05, 4.69) is 0 Å². The first-order valence-corrected chi connectivity index (χ1v) is 8.00. The molecule has 0 saturated heterocycles. The molecule has 0 heterocycles. The zero-order valence-corrected chi connectivity index (χ0v) is 12.7. The first kappa shape index (κ1) is 18.9. The van der Waals surface area contributed by atoms with Gasteiger partial charge in [0.1, 0.15) is 5.75 Å². The SMILES string of the molecule is [B]Cc1cc(OC(=O)CS(=O)(=O)O)c(C[B])c(C[B])c1C[B]. The molecule has 22 heavy (non-hydrogen) atoms. The van der Waals surface area contributed by atoms with Gasteiger partial charge in [0.25, 0.3) is 10.1 Å². The van der Waals surface area contributed by atoms with E-state index in [1.165, 1.54) is 6.07 Å². The lowest BCUT2D eigenvalue weighted by atomic mass is 9.76. The number of hydrogen-bond donors (Lipinski definition) is 1. The summed E-state index contributed by atoms with van der Waals surface area (Å²) in [5.41, 5.74) is 2.40. The molecule has 0 aliphatic carbocycles. The van der Waals surface area contributed by atoms with Crippen molar-refractivity contribution in [2.45, 2.75) is 25.3 Å². The van der Waals surface area contributed by atoms with Crippen molar-refractivity contribution in [3.05, 3.63) is 28.3 Å². The van der Waals surface area contributed by atoms with Crippen molar-refractivity contribution >= 4 is 47.5 Å². The summed E-state index contributed by atoms with van der Waals surface area (Å²) in [5.74, 6) is -2.23. The molecule has 0 aromatic heterocycles. The predicted molar refractivity (Wildman–Crippen MR) is 86.3 cm³/mol. The minimum absolute atomic E-state index is 0.0128. The Morgan fingerprint density at radius 2 is 1.55 bits per heavy atom. The minimum Gasteiger partial charge on any atom is -0.425 e. The second-order valence-electron chi connectivity index (χ2n) is 4.49. The Labute approximate surface area is 135 Å². The molecule has 10 heteroatoms. The molecule has 0 atom stereocenters. The second kappa shape index (κ2) is 7.92. The Morgan fingerprint density at radius 1 is 1.00 bits per heavy atom. The Kier molecular flexibility index (Phi) is 6.81. The molecule has 108 valence electrons. The standard InChI is InChI=1S/C12H12B4O5S/c13-2-7-1-11(21-12(17)6-22(18,19)20)10(5-16)9(4-15)8(7)3-14/h1H,2-6H2,(H,18,19,20). The molecule has 8 radical (unpaired) electrons. The van der Waals surface area contributed by atoms with Crippen LogP contribution >= 0.6 is 0 Å². The topological polar surface area (TPSA) is 80.7 Å². The van der Waals surface area contributed by atoms with Gasteiger partial charge in [-0.2, -0.15) is 8.42 Å². The highest BCUT2D eigenvalue weighted by Crippen LogP contribution is 2.30. The molecule has 1 aromatic carbocycles. The van der Waals surface area contributed by atoms with E-state index in [-0.39, 0.29) is 31.0 Å². The molecule has 1 rings (SSSR count). The zero-order valence-electron chi connectivity index (χ0n) is 11.9. The monoisotopic (exact) mass is 312 g/mol. The van der Waals surface area contributed by atoms with E-state index in [1.54, 1.807) is 0 Å². The van der Waals surface area contributed by atoms with Gasteiger partial charge >= 0.3 is 5.97 Å². The average Bonchev–Trinajstić information content (AvgIpc) is 2.43. The van der Waals surface area contributed by atoms with E-state index in [0.717, 1.165) is 5.56 Å². The van der Waals surface area contributed by atoms with Crippen LogP contribution in [0.3, 0.4) is 0 Å². The summed E-state index contributed by atoms with van der Waals surface area (Å²) < 4.78 is 35.1. The largest absolute Gasteiger partial charge is 0.425 e. The molecule has 0 amide bonds. The van der Waals surface area contributed by atoms with E-state index in [9.17, 15) is 13.2 Å². The van der Waals surface area contributed by atoms with Crippen molar-refractivity contribution < 1.29 is 22.5 Å². The van der Waals surface area contributed by atoms with Gasteiger partial charge in [-0.25, -0.2) is 0 Å². The number of benzene rings is 1. The van der Waals surface area contributed by atoms with E-state index >= 15 is 0 Å². The number of carbonyl (C=O) groups is 1. The highest BCUT2D eigenvalue weighted by molar-refractivity contribution is 7.86. The molecule has 0 aliphatic rings. The average molecular weight is 312 g/mol. The van der Waals surface area contributed by atoms with Crippen molar-refractivity contribution in [1.29, 1.82) is 0 Å². The van der Waals surface area contributed by atoms with Crippen LogP contribution in [0.4, 0.5) is 0 Å². The van der Waals surface area contributed by atoms with Gasteiger partial charge in [0, 0.05) is 0 Å². The molecular weight excluding hydrogens is 299 g/mol. The van der Waals surface area contributed by atoms with Crippen LogP contribution < -0.4 is 4.74 Å². The number of rotatable bonds is 7. The van der Waals surface area contributed by atoms with Crippen LogP contribution in [-0.2, 0) is 40.2 Å². The van der Waals surface area contributed by atoms with Crippen molar-refractivity contribution in [2.75, 3.05) is 5.75 Å². The second-order valence-corrected chi connectivity index (χ2v) is 5.94. The number of carbonyl (C=O) groups excluding carboxylic acids is 1. The van der Waals surface area contributed by atoms with Crippen LogP contribution in [0.5, 0.6) is 5.75 Å². The molecule has 0 saturated carbocycles. The van der Waals surface area contributed by atoms with E-state index in [0.29, 0.717) is 16.7 Å². The fourth-order valence-electron chi connectivity index (χ4n) is 2.16. The van der Waals surface area contributed by atoms with Gasteiger partial charge in [0.2, 0.25) is 0 Å². The smallest absolute Gasteiger partial charge is 0.329 e. The van der Waals surface area contributed by atoms with Crippen LogP contribution in [0, 0.1) is 0 Å². The first-order valence-electron chi connectivity index (χ1n) is 6.40. The van der Waals surface area contributed by atoms with Gasteiger partial charge in [-0.3, -0.25) is 9.35 Å². The van der Waals surface area contributed by atoms with Gasteiger partial charge in [0.05, 0.1) is 31.4 Å². The number of esters is 1. The summed E-state index contributed by atoms with van der Waals surface area (Å²) in [7, 11) is 18.2. The molecule has 5 nitrogen and oxygen atoms in total. The van der Waals surface area contributed by atoms with Crippen molar-refractivity contribution in [3.63, 3.8) is 0 Å². The Morgan fingerprint density at radius 3 is 1.95 bits per heavy atom. The summed E-state index contributed by atoms with van der Waals surface area (Å²) in [5, 5.41) is 0. The van der Waals surface area contributed by atoms with Gasteiger partial charge in [-0.05, 0) is 17.2 Å². The Hall–Kier alpha value is -1.14. The Bertz CT molecular complexity index is 660. The zero-order chi connectivity index (χ0) is 16.9. The van der Waals surface area contributed by atoms with Crippen LogP contribution in [-0.4, -0.2) is 56.1 Å². The molecular formula is C12H12B4O5S. The minimum atomic E-state index is -4.48. The van der Waals surface area contributed by atoms with Crippen LogP contribution in [0.25, 0.3) is 0 Å². The summed E-state index contributed by atoms with van der Waals surface area (Å²) in [4.78, 5) is 11.6. The summed E-state index contributed by atoms with van der Waals surface area (Å²) in [6, 6.07) is 1.48. The maximum Gasteiger partial charge on any atom is 0.329 e. The molecule has 0 aliphatic heterocycles. The molecule has 1 aromatic rings. The predicted octanol–water partition coefficient (Wildman–Crippen LogP) is -0.846. The number of hydrogen-bond acceptors (Lipinski definition) is 4. The Balaban J connectivity index is 3.32. The molecule has 0 spiro atoms. The molecule has 0 unspecified atom stereocenters. The lowest BCUT2D eigenvalue weighted by Crippen LogP contribution is -2.21. The van der Waals surface area contributed by atoms with Gasteiger partial charge < -0.3 is 4.74 Å². The molecule has 1 N–H and O–H groups in total. The lowest BCUT2D eigenvalue weighted by molar-refractivity contribution is -0.131. The summed E-state index contributed by atoms with van der Waals surface area (Å²) in [6.45, 7) is 0. The van der Waals surface area contributed by atoms with Crippen LogP contribution in [0.2, 0.25) is 0 Å². The normalized spacial score (nSPS) is 11.3. The van der Waals surface area contributed by atoms with Crippen molar-refractivity contribution in [1.82, 2.24) is 0 Å². The first-order chi connectivity index (χ1) is 10.3. The van der Waals surface area contributed by atoms with Crippen molar-refractivity contribution in [2.24, 2.45) is 0 Å². The quantitative estimate of drug-likeness (QED) is 0.307. The van der Waals surface area contributed by atoms with E-state index < -0.39 is 21.8 Å². The van der Waals surface area contributed by atoms with Gasteiger partial charge in [0.15, 0.2) is 5.75 Å². The maximum absolute atomic E-state index is 11.6. The van der Waals surface area contributed by atoms with Gasteiger partial charge in [-0.1, -0.05) is 36.4 Å². The third-order valence-corrected chi connectivity index (χ3v) is 3.68. The van der Waals surface area contributed by atoms with Crippen LogP contribution in [0.1, 0.15) is 22.3 Å². The molecule has 0 fully saturated rings. The third-order valence-electron chi connectivity index (χ3n) is 3.08. The van der Waals surface area contributed by atoms with E-state index in [1.807, 2.05) is 0 Å². The number of ether oxygens (including phenoxy) is 1. The van der Waals surface area contributed by atoms with Crippen LogP contribution in [0.15, 0.2) is 6.07 Å². The summed E-state index contributed by atoms with van der Waals surface area (Å²) >= 11 is 0. The van der Waals surface area contributed by atoms with Gasteiger partial charge in [-0.15, -0.1) is 0 Å².